The molecule has 100 valence electrons. The summed E-state index contributed by atoms with van der Waals surface area (Å²) in [4.78, 5) is 0. The molecule has 0 fully saturated rings. The minimum Gasteiger partial charge on any atom is -0.457 e. The van der Waals surface area contributed by atoms with Gasteiger partial charge < -0.3 is 9.47 Å². The van der Waals surface area contributed by atoms with Crippen molar-refractivity contribution in [1.82, 2.24) is 0 Å². The molecule has 2 nitrogen and oxygen atoms in total. The number of hydrogen-bond donors (Lipinski definition) is 0. The average Bonchev–Trinajstić information content (AvgIpc) is 2.50. The van der Waals surface area contributed by atoms with Gasteiger partial charge in [-0.3, -0.25) is 0 Å². The molecule has 1 heterocycles. The minimum atomic E-state index is -0.109. The predicted octanol–water partition coefficient (Wildman–Crippen LogP) is 4.31. The lowest BCUT2D eigenvalue weighted by molar-refractivity contribution is 0.0999. The van der Waals surface area contributed by atoms with Crippen LogP contribution in [0.25, 0.3) is 0 Å². The summed E-state index contributed by atoms with van der Waals surface area (Å²) in [6.07, 6.45) is 0.743. The smallest absolute Gasteiger partial charge is 0.133 e. The van der Waals surface area contributed by atoms with Crippen LogP contribution in [0.1, 0.15) is 30.6 Å². The maximum Gasteiger partial charge on any atom is 0.133 e. The Labute approximate surface area is 119 Å². The molecule has 20 heavy (non-hydrogen) atoms. The monoisotopic (exact) mass is 264 g/mol. The molecular formula is C18H16O2. The van der Waals surface area contributed by atoms with E-state index < -0.39 is 0 Å². The molecule has 0 radical (unpaired) electrons. The van der Waals surface area contributed by atoms with Crippen LogP contribution in [0.5, 0.6) is 11.5 Å². The van der Waals surface area contributed by atoms with E-state index in [1.165, 1.54) is 0 Å². The van der Waals surface area contributed by atoms with Gasteiger partial charge in [0.2, 0.25) is 0 Å². The van der Waals surface area contributed by atoms with E-state index in [-0.39, 0.29) is 6.10 Å². The summed E-state index contributed by atoms with van der Waals surface area (Å²) in [5.74, 6) is 7.78. The second-order valence-corrected chi connectivity index (χ2v) is 4.58. The molecule has 2 aromatic rings. The third kappa shape index (κ3) is 2.41. The molecule has 0 bridgehead atoms. The maximum absolute atomic E-state index is 5.98. The lowest BCUT2D eigenvalue weighted by atomic mass is 9.97. The standard InChI is InChI=1S/C18H16O2/c1-2-3-8-13-19-18-14-9-4-6-11-16(14)20-17-12-7-5-10-15(17)18/h4-7,9-12,18H,2,13H2,1H3. The first-order valence-electron chi connectivity index (χ1n) is 6.83. The van der Waals surface area contributed by atoms with Crippen LogP contribution < -0.4 is 4.74 Å². The highest BCUT2D eigenvalue weighted by atomic mass is 16.5. The van der Waals surface area contributed by atoms with Gasteiger partial charge in [0.1, 0.15) is 24.2 Å². The highest BCUT2D eigenvalue weighted by Gasteiger charge is 2.26. The number of benzene rings is 2. The first kappa shape index (κ1) is 12.8. The fourth-order valence-electron chi connectivity index (χ4n) is 2.35. The highest BCUT2D eigenvalue weighted by molar-refractivity contribution is 5.52. The Bertz CT molecular complexity index is 619. The summed E-state index contributed by atoms with van der Waals surface area (Å²) in [5, 5.41) is 0. The van der Waals surface area contributed by atoms with Crippen LogP contribution in [0.3, 0.4) is 0 Å². The molecule has 2 aromatic carbocycles. The van der Waals surface area contributed by atoms with Crippen molar-refractivity contribution in [3.63, 3.8) is 0 Å². The van der Waals surface area contributed by atoms with Crippen LogP contribution in [0.2, 0.25) is 0 Å². The van der Waals surface area contributed by atoms with Gasteiger partial charge in [-0.05, 0) is 12.1 Å². The number of fused-ring (bicyclic) bond motifs is 2. The zero-order valence-electron chi connectivity index (χ0n) is 11.4. The van der Waals surface area contributed by atoms with E-state index in [0.29, 0.717) is 6.61 Å². The van der Waals surface area contributed by atoms with E-state index in [1.807, 2.05) is 55.5 Å². The fourth-order valence-corrected chi connectivity index (χ4v) is 2.35. The van der Waals surface area contributed by atoms with Gasteiger partial charge in [-0.1, -0.05) is 49.2 Å². The van der Waals surface area contributed by atoms with Crippen molar-refractivity contribution in [3.8, 4) is 23.3 Å². The SMILES string of the molecule is CCC#CCOC1c2ccccc2Oc2ccccc21. The molecule has 0 atom stereocenters. The van der Waals surface area contributed by atoms with Gasteiger partial charge in [-0.2, -0.15) is 0 Å². The average molecular weight is 264 g/mol. The largest absolute Gasteiger partial charge is 0.457 e. The van der Waals surface area contributed by atoms with Crippen molar-refractivity contribution >= 4 is 0 Å². The molecular weight excluding hydrogens is 248 g/mol. The summed E-state index contributed by atoms with van der Waals surface area (Å²) in [6.45, 7) is 2.47. The molecule has 0 spiro atoms. The quantitative estimate of drug-likeness (QED) is 0.752. The normalized spacial score (nSPS) is 12.7. The minimum absolute atomic E-state index is 0.109. The van der Waals surface area contributed by atoms with Crippen LogP contribution in [0.4, 0.5) is 0 Å². The second kappa shape index (κ2) is 5.81. The lowest BCUT2D eigenvalue weighted by Gasteiger charge is -2.27. The van der Waals surface area contributed by atoms with Gasteiger partial charge in [0.15, 0.2) is 0 Å². The van der Waals surface area contributed by atoms with Crippen LogP contribution >= 0.6 is 0 Å². The van der Waals surface area contributed by atoms with E-state index >= 15 is 0 Å². The van der Waals surface area contributed by atoms with Crippen molar-refractivity contribution in [1.29, 1.82) is 0 Å². The molecule has 0 aliphatic carbocycles. The van der Waals surface area contributed by atoms with Gasteiger partial charge in [-0.25, -0.2) is 0 Å². The van der Waals surface area contributed by atoms with Crippen molar-refractivity contribution in [3.05, 3.63) is 59.7 Å². The summed E-state index contributed by atoms with van der Waals surface area (Å²) < 4.78 is 11.9. The zero-order valence-corrected chi connectivity index (χ0v) is 11.4. The first-order valence-corrected chi connectivity index (χ1v) is 6.83. The number of rotatable bonds is 2. The van der Waals surface area contributed by atoms with E-state index in [9.17, 15) is 0 Å². The van der Waals surface area contributed by atoms with Crippen molar-refractivity contribution < 1.29 is 9.47 Å². The van der Waals surface area contributed by atoms with Crippen LogP contribution in [0, 0.1) is 11.8 Å². The van der Waals surface area contributed by atoms with E-state index in [0.717, 1.165) is 29.0 Å². The van der Waals surface area contributed by atoms with E-state index in [4.69, 9.17) is 9.47 Å². The maximum atomic E-state index is 5.98. The highest BCUT2D eigenvalue weighted by Crippen LogP contribution is 2.44. The topological polar surface area (TPSA) is 18.5 Å². The predicted molar refractivity (Wildman–Crippen MR) is 78.8 cm³/mol. The van der Waals surface area contributed by atoms with E-state index in [1.54, 1.807) is 0 Å². The molecule has 0 N–H and O–H groups in total. The van der Waals surface area contributed by atoms with Crippen LogP contribution in [-0.2, 0) is 4.74 Å². The molecule has 0 saturated carbocycles. The Morgan fingerprint density at radius 1 is 0.950 bits per heavy atom. The Balaban J connectivity index is 1.95. The summed E-state index contributed by atoms with van der Waals surface area (Å²) in [7, 11) is 0. The second-order valence-electron chi connectivity index (χ2n) is 4.58. The third-order valence-corrected chi connectivity index (χ3v) is 3.25. The summed E-state index contributed by atoms with van der Waals surface area (Å²) in [5.41, 5.74) is 2.12. The van der Waals surface area contributed by atoms with Crippen LogP contribution in [-0.4, -0.2) is 6.61 Å². The molecule has 0 saturated heterocycles. The van der Waals surface area contributed by atoms with Gasteiger partial charge in [0.25, 0.3) is 0 Å². The number of hydrogen-bond acceptors (Lipinski definition) is 2. The Morgan fingerprint density at radius 3 is 2.15 bits per heavy atom. The summed E-state index contributed by atoms with van der Waals surface area (Å²) >= 11 is 0. The molecule has 3 rings (SSSR count). The molecule has 2 heteroatoms. The third-order valence-electron chi connectivity index (χ3n) is 3.25. The van der Waals surface area contributed by atoms with Gasteiger partial charge in [0.05, 0.1) is 0 Å². The Hall–Kier alpha value is -2.24. The van der Waals surface area contributed by atoms with Crippen molar-refractivity contribution in [2.45, 2.75) is 19.4 Å². The number of ether oxygens (including phenoxy) is 2. The van der Waals surface area contributed by atoms with Crippen molar-refractivity contribution in [2.75, 3.05) is 6.61 Å². The van der Waals surface area contributed by atoms with Gasteiger partial charge >= 0.3 is 0 Å². The molecule has 1 aliphatic heterocycles. The number of para-hydroxylation sites is 2. The first-order chi connectivity index (χ1) is 9.90. The van der Waals surface area contributed by atoms with Gasteiger partial charge in [-0.15, -0.1) is 5.92 Å². The molecule has 0 unspecified atom stereocenters. The molecule has 0 aromatic heterocycles. The zero-order chi connectivity index (χ0) is 13.8. The van der Waals surface area contributed by atoms with E-state index in [2.05, 4.69) is 11.8 Å². The molecule has 1 aliphatic rings. The Kier molecular flexibility index (Phi) is 3.71. The lowest BCUT2D eigenvalue weighted by Crippen LogP contribution is -2.13. The Morgan fingerprint density at radius 2 is 1.55 bits per heavy atom. The van der Waals surface area contributed by atoms with Crippen LogP contribution in [0.15, 0.2) is 48.5 Å². The van der Waals surface area contributed by atoms with Crippen molar-refractivity contribution in [2.24, 2.45) is 0 Å². The molecule has 0 amide bonds. The summed E-state index contributed by atoms with van der Waals surface area (Å²) in [6, 6.07) is 16.0. The van der Waals surface area contributed by atoms with Gasteiger partial charge in [0, 0.05) is 17.5 Å². The fraction of sp³-hybridized carbons (Fsp3) is 0.222.